The van der Waals surface area contributed by atoms with Crippen molar-refractivity contribution in [3.63, 3.8) is 0 Å². The van der Waals surface area contributed by atoms with Crippen molar-refractivity contribution < 1.29 is 9.18 Å². The number of anilines is 1. The van der Waals surface area contributed by atoms with E-state index in [1.54, 1.807) is 22.9 Å². The maximum Gasteiger partial charge on any atom is 0.220 e. The second kappa shape index (κ2) is 7.75. The van der Waals surface area contributed by atoms with Crippen molar-refractivity contribution in [1.29, 1.82) is 0 Å². The molecule has 0 unspecified atom stereocenters. The highest BCUT2D eigenvalue weighted by molar-refractivity contribution is 7.07. The van der Waals surface area contributed by atoms with Gasteiger partial charge in [0.05, 0.1) is 16.9 Å². The summed E-state index contributed by atoms with van der Waals surface area (Å²) >= 11 is 1.54. The average Bonchev–Trinajstić information content (AvgIpc) is 3.09. The molecular formula is C18H22FN3OS. The number of rotatable bonds is 5. The van der Waals surface area contributed by atoms with E-state index in [-0.39, 0.29) is 17.8 Å². The molecule has 1 saturated heterocycles. The van der Waals surface area contributed by atoms with Gasteiger partial charge in [0, 0.05) is 30.9 Å². The lowest BCUT2D eigenvalue weighted by Crippen LogP contribution is -2.48. The number of carbonyl (C=O) groups is 1. The molecule has 24 heavy (non-hydrogen) atoms. The molecule has 3 rings (SSSR count). The van der Waals surface area contributed by atoms with Gasteiger partial charge < -0.3 is 10.2 Å². The average molecular weight is 347 g/mol. The van der Waals surface area contributed by atoms with E-state index >= 15 is 0 Å². The third-order valence-corrected chi connectivity index (χ3v) is 4.96. The lowest BCUT2D eigenvalue weighted by Gasteiger charge is -2.35. The van der Waals surface area contributed by atoms with Crippen molar-refractivity contribution in [2.75, 3.05) is 18.0 Å². The van der Waals surface area contributed by atoms with Crippen molar-refractivity contribution in [3.05, 3.63) is 46.2 Å². The van der Waals surface area contributed by atoms with Crippen LogP contribution in [-0.2, 0) is 11.2 Å². The van der Waals surface area contributed by atoms with Crippen LogP contribution in [0.5, 0.6) is 0 Å². The molecule has 0 spiro atoms. The summed E-state index contributed by atoms with van der Waals surface area (Å²) in [7, 11) is 0. The summed E-state index contributed by atoms with van der Waals surface area (Å²) in [5, 5.41) is 5.06. The lowest BCUT2D eigenvalue weighted by atomic mass is 10.0. The number of carbonyl (C=O) groups excluding carboxylic acids is 1. The fraction of sp³-hybridized carbons (Fsp3) is 0.444. The highest BCUT2D eigenvalue weighted by atomic mass is 32.1. The number of halogens is 1. The minimum Gasteiger partial charge on any atom is -0.367 e. The van der Waals surface area contributed by atoms with Crippen molar-refractivity contribution in [3.8, 4) is 0 Å². The SMILES string of the molecule is Cc1ccc(F)c(N2CCC[C@H](NC(=O)CCc3cscn3)C2)c1. The van der Waals surface area contributed by atoms with Gasteiger partial charge in [-0.3, -0.25) is 4.79 Å². The first-order chi connectivity index (χ1) is 11.6. The molecule has 2 heterocycles. The van der Waals surface area contributed by atoms with E-state index in [4.69, 9.17) is 0 Å². The van der Waals surface area contributed by atoms with Crippen LogP contribution in [0.3, 0.4) is 0 Å². The molecule has 0 saturated carbocycles. The first-order valence-corrected chi connectivity index (χ1v) is 9.23. The Bertz CT molecular complexity index is 690. The van der Waals surface area contributed by atoms with Gasteiger partial charge in [0.25, 0.3) is 0 Å². The van der Waals surface area contributed by atoms with Gasteiger partial charge in [-0.15, -0.1) is 11.3 Å². The zero-order valence-electron chi connectivity index (χ0n) is 13.8. The normalized spacial score (nSPS) is 17.8. The van der Waals surface area contributed by atoms with E-state index < -0.39 is 0 Å². The molecule has 128 valence electrons. The molecule has 1 N–H and O–H groups in total. The van der Waals surface area contributed by atoms with Crippen LogP contribution in [0.2, 0.25) is 0 Å². The largest absolute Gasteiger partial charge is 0.367 e. The van der Waals surface area contributed by atoms with Gasteiger partial charge in [-0.1, -0.05) is 6.07 Å². The van der Waals surface area contributed by atoms with Crippen molar-refractivity contribution in [2.45, 2.75) is 38.6 Å². The van der Waals surface area contributed by atoms with Gasteiger partial charge in [-0.25, -0.2) is 9.37 Å². The van der Waals surface area contributed by atoms with Crippen LogP contribution in [0, 0.1) is 12.7 Å². The zero-order chi connectivity index (χ0) is 16.9. The molecule has 2 aromatic rings. The molecule has 1 aromatic heterocycles. The standard InChI is InChI=1S/C18H22FN3OS/c1-13-4-6-16(19)17(9-13)22-8-2-3-14(10-22)21-18(23)7-5-15-11-24-12-20-15/h4,6,9,11-12,14H,2-3,5,7-8,10H2,1H3,(H,21,23)/t14-/m0/s1. The molecule has 1 aromatic carbocycles. The van der Waals surface area contributed by atoms with E-state index in [1.807, 2.05) is 23.3 Å². The van der Waals surface area contributed by atoms with Crippen LogP contribution in [-0.4, -0.2) is 30.0 Å². The van der Waals surface area contributed by atoms with Crippen LogP contribution in [0.15, 0.2) is 29.1 Å². The summed E-state index contributed by atoms with van der Waals surface area (Å²) < 4.78 is 14.1. The van der Waals surface area contributed by atoms with Gasteiger partial charge >= 0.3 is 0 Å². The Kier molecular flexibility index (Phi) is 5.45. The summed E-state index contributed by atoms with van der Waals surface area (Å²) in [5.74, 6) is -0.157. The van der Waals surface area contributed by atoms with Gasteiger partial charge in [0.2, 0.25) is 5.91 Å². The third kappa shape index (κ3) is 4.32. The Labute approximate surface area is 145 Å². The minimum atomic E-state index is -0.198. The van der Waals surface area contributed by atoms with Gasteiger partial charge in [0.1, 0.15) is 5.82 Å². The number of hydrogen-bond donors (Lipinski definition) is 1. The van der Waals surface area contributed by atoms with Crippen LogP contribution < -0.4 is 10.2 Å². The number of hydrogen-bond acceptors (Lipinski definition) is 4. The monoisotopic (exact) mass is 347 g/mol. The van der Waals surface area contributed by atoms with Gasteiger partial charge in [-0.05, 0) is 43.9 Å². The number of benzene rings is 1. The number of nitrogens with one attached hydrogen (secondary N) is 1. The third-order valence-electron chi connectivity index (χ3n) is 4.32. The van der Waals surface area contributed by atoms with E-state index in [0.717, 1.165) is 30.6 Å². The molecular weight excluding hydrogens is 325 g/mol. The molecule has 1 atom stereocenters. The number of aromatic nitrogens is 1. The first-order valence-electron chi connectivity index (χ1n) is 8.29. The number of aryl methyl sites for hydroxylation is 2. The maximum atomic E-state index is 14.1. The number of nitrogens with zero attached hydrogens (tertiary/aromatic N) is 2. The Morgan fingerprint density at radius 1 is 1.50 bits per heavy atom. The molecule has 0 aliphatic carbocycles. The molecule has 6 heteroatoms. The Balaban J connectivity index is 1.55. The number of thiazole rings is 1. The van der Waals surface area contributed by atoms with Crippen LogP contribution in [0.1, 0.15) is 30.5 Å². The smallest absolute Gasteiger partial charge is 0.220 e. The topological polar surface area (TPSA) is 45.2 Å². The Morgan fingerprint density at radius 3 is 3.17 bits per heavy atom. The zero-order valence-corrected chi connectivity index (χ0v) is 14.6. The summed E-state index contributed by atoms with van der Waals surface area (Å²) in [6, 6.07) is 5.24. The van der Waals surface area contributed by atoms with Crippen LogP contribution >= 0.6 is 11.3 Å². The maximum absolute atomic E-state index is 14.1. The highest BCUT2D eigenvalue weighted by Gasteiger charge is 2.23. The van der Waals surface area contributed by atoms with Crippen molar-refractivity contribution in [1.82, 2.24) is 10.3 Å². The highest BCUT2D eigenvalue weighted by Crippen LogP contribution is 2.24. The van der Waals surface area contributed by atoms with Crippen molar-refractivity contribution in [2.24, 2.45) is 0 Å². The van der Waals surface area contributed by atoms with Gasteiger partial charge in [-0.2, -0.15) is 0 Å². The fourth-order valence-corrected chi connectivity index (χ4v) is 3.67. The molecule has 1 aliphatic rings. The summed E-state index contributed by atoms with van der Waals surface area (Å²) in [4.78, 5) is 18.4. The predicted molar refractivity (Wildman–Crippen MR) is 94.9 cm³/mol. The second-order valence-electron chi connectivity index (χ2n) is 6.29. The Hall–Kier alpha value is -1.95. The summed E-state index contributed by atoms with van der Waals surface area (Å²) in [6.07, 6.45) is 2.99. The molecule has 0 bridgehead atoms. The second-order valence-corrected chi connectivity index (χ2v) is 7.01. The predicted octanol–water partition coefficient (Wildman–Crippen LogP) is 3.31. The number of piperidine rings is 1. The fourth-order valence-electron chi connectivity index (χ4n) is 3.08. The quantitative estimate of drug-likeness (QED) is 0.902. The van der Waals surface area contributed by atoms with E-state index in [1.165, 1.54) is 6.07 Å². The molecule has 0 radical (unpaired) electrons. The summed E-state index contributed by atoms with van der Waals surface area (Å²) in [5.41, 5.74) is 4.42. The van der Waals surface area contributed by atoms with E-state index in [2.05, 4.69) is 10.3 Å². The Morgan fingerprint density at radius 2 is 2.38 bits per heavy atom. The van der Waals surface area contributed by atoms with E-state index in [0.29, 0.717) is 25.1 Å². The van der Waals surface area contributed by atoms with Crippen molar-refractivity contribution >= 4 is 22.9 Å². The molecule has 4 nitrogen and oxygen atoms in total. The first kappa shape index (κ1) is 16.9. The van der Waals surface area contributed by atoms with E-state index in [9.17, 15) is 9.18 Å². The van der Waals surface area contributed by atoms with Crippen LogP contribution in [0.25, 0.3) is 0 Å². The van der Waals surface area contributed by atoms with Gasteiger partial charge in [0.15, 0.2) is 0 Å². The summed E-state index contributed by atoms with van der Waals surface area (Å²) in [6.45, 7) is 3.44. The minimum absolute atomic E-state index is 0.0413. The lowest BCUT2D eigenvalue weighted by molar-refractivity contribution is -0.121. The molecule has 1 amide bonds. The molecule has 1 fully saturated rings. The number of amides is 1. The molecule has 1 aliphatic heterocycles. The van der Waals surface area contributed by atoms with Crippen LogP contribution in [0.4, 0.5) is 10.1 Å².